The van der Waals surface area contributed by atoms with Gasteiger partial charge in [0.15, 0.2) is 5.13 Å². The number of ether oxygens (including phenoxy) is 1. The van der Waals surface area contributed by atoms with Crippen molar-refractivity contribution in [2.75, 3.05) is 12.8 Å². The van der Waals surface area contributed by atoms with Gasteiger partial charge in [0.2, 0.25) is 0 Å². The molecular weight excluding hydrogens is 299 g/mol. The minimum absolute atomic E-state index is 0.307. The van der Waals surface area contributed by atoms with Crippen LogP contribution in [0.4, 0.5) is 9.52 Å². The van der Waals surface area contributed by atoms with Gasteiger partial charge in [0.25, 0.3) is 0 Å². The second-order valence-electron chi connectivity index (χ2n) is 3.99. The van der Waals surface area contributed by atoms with Crippen molar-refractivity contribution in [2.45, 2.75) is 0 Å². The lowest BCUT2D eigenvalue weighted by Crippen LogP contribution is -1.98. The average molecular weight is 308 g/mol. The van der Waals surface area contributed by atoms with Crippen molar-refractivity contribution >= 4 is 44.0 Å². The van der Waals surface area contributed by atoms with E-state index in [4.69, 9.17) is 10.5 Å². The number of methoxy groups -OCH3 is 1. The molecule has 0 aliphatic carbocycles. The van der Waals surface area contributed by atoms with Crippen LogP contribution < -0.4 is 5.73 Å². The fourth-order valence-corrected chi connectivity index (χ4v) is 4.04. The molecule has 0 radical (unpaired) electrons. The van der Waals surface area contributed by atoms with E-state index in [1.165, 1.54) is 41.9 Å². The second kappa shape index (κ2) is 4.84. The van der Waals surface area contributed by atoms with Gasteiger partial charge < -0.3 is 10.5 Å². The maximum atomic E-state index is 13.0. The van der Waals surface area contributed by atoms with E-state index in [1.54, 1.807) is 12.1 Å². The number of anilines is 1. The Hall–Kier alpha value is -1.99. The monoisotopic (exact) mass is 308 g/mol. The molecule has 0 bridgehead atoms. The highest BCUT2D eigenvalue weighted by Crippen LogP contribution is 2.42. The molecule has 2 aromatic heterocycles. The Labute approximate surface area is 121 Å². The van der Waals surface area contributed by atoms with Crippen molar-refractivity contribution in [3.05, 3.63) is 35.0 Å². The predicted molar refractivity (Wildman–Crippen MR) is 78.6 cm³/mol. The summed E-state index contributed by atoms with van der Waals surface area (Å²) in [5, 5.41) is 0.385. The summed E-state index contributed by atoms with van der Waals surface area (Å²) in [5.41, 5.74) is 7.08. The molecule has 1 aromatic carbocycles. The Bertz CT molecular complexity index is 793. The fourth-order valence-electron chi connectivity index (χ4n) is 1.86. The highest BCUT2D eigenvalue weighted by Gasteiger charge is 2.22. The van der Waals surface area contributed by atoms with Gasteiger partial charge in [0.05, 0.1) is 16.7 Å². The first-order valence-electron chi connectivity index (χ1n) is 5.63. The molecule has 0 saturated carbocycles. The fraction of sp³-hybridized carbons (Fsp3) is 0.0769. The lowest BCUT2D eigenvalue weighted by Gasteiger charge is -1.97. The number of nitrogen functional groups attached to an aromatic ring is 1. The number of aromatic nitrogens is 1. The molecule has 3 rings (SSSR count). The zero-order chi connectivity index (χ0) is 14.3. The van der Waals surface area contributed by atoms with Crippen LogP contribution in [0.1, 0.15) is 9.67 Å². The van der Waals surface area contributed by atoms with Gasteiger partial charge in [-0.3, -0.25) is 0 Å². The molecule has 0 aliphatic heterocycles. The van der Waals surface area contributed by atoms with E-state index in [0.717, 1.165) is 15.1 Å². The Morgan fingerprint density at radius 1 is 1.30 bits per heavy atom. The van der Waals surface area contributed by atoms with Crippen LogP contribution in [-0.2, 0) is 4.74 Å². The van der Waals surface area contributed by atoms with Crippen LogP contribution >= 0.6 is 22.7 Å². The number of esters is 1. The molecule has 0 aliphatic rings. The van der Waals surface area contributed by atoms with Crippen molar-refractivity contribution in [3.8, 4) is 10.4 Å². The quantitative estimate of drug-likeness (QED) is 0.735. The number of halogens is 1. The molecule has 0 spiro atoms. The summed E-state index contributed by atoms with van der Waals surface area (Å²) in [6.07, 6.45) is 0. The molecule has 0 unspecified atom stereocenters. The summed E-state index contributed by atoms with van der Waals surface area (Å²) in [6.45, 7) is 0. The maximum Gasteiger partial charge on any atom is 0.350 e. The number of nitrogens with zero attached hydrogens (tertiary/aromatic N) is 1. The number of carbonyl (C=O) groups excluding carboxylic acids is 1. The third kappa shape index (κ3) is 2.04. The zero-order valence-electron chi connectivity index (χ0n) is 10.3. The Morgan fingerprint density at radius 2 is 2.00 bits per heavy atom. The van der Waals surface area contributed by atoms with E-state index in [2.05, 4.69) is 4.98 Å². The van der Waals surface area contributed by atoms with Crippen molar-refractivity contribution in [2.24, 2.45) is 0 Å². The van der Waals surface area contributed by atoms with Gasteiger partial charge in [-0.05, 0) is 17.7 Å². The van der Waals surface area contributed by atoms with Crippen LogP contribution in [-0.4, -0.2) is 18.1 Å². The molecule has 0 amide bonds. The standard InChI is InChI=1S/C13H9FN2O2S2/c1-18-12(17)11-8-10(20-13(15)16-8)9(19-11)6-2-4-7(14)5-3-6/h2-5H,1H3,(H2,15,16). The second-order valence-corrected chi connectivity index (χ2v) is 6.04. The molecule has 4 nitrogen and oxygen atoms in total. The van der Waals surface area contributed by atoms with Gasteiger partial charge in [-0.1, -0.05) is 23.5 Å². The van der Waals surface area contributed by atoms with E-state index in [1.807, 2.05) is 0 Å². The predicted octanol–water partition coefficient (Wildman–Crippen LogP) is 3.53. The van der Waals surface area contributed by atoms with Gasteiger partial charge in [0.1, 0.15) is 16.2 Å². The van der Waals surface area contributed by atoms with E-state index < -0.39 is 5.97 Å². The van der Waals surface area contributed by atoms with Gasteiger partial charge in [0, 0.05) is 0 Å². The Morgan fingerprint density at radius 3 is 2.65 bits per heavy atom. The van der Waals surface area contributed by atoms with Crippen LogP contribution in [0.2, 0.25) is 0 Å². The number of thiophene rings is 1. The first-order chi connectivity index (χ1) is 9.60. The van der Waals surface area contributed by atoms with Gasteiger partial charge >= 0.3 is 5.97 Å². The van der Waals surface area contributed by atoms with Crippen LogP contribution in [0, 0.1) is 5.82 Å². The number of thiazole rings is 1. The lowest BCUT2D eigenvalue weighted by atomic mass is 10.2. The average Bonchev–Trinajstić information content (AvgIpc) is 2.96. The highest BCUT2D eigenvalue weighted by atomic mass is 32.1. The SMILES string of the molecule is COC(=O)c1sc(-c2ccc(F)cc2)c2sc(N)nc12. The van der Waals surface area contributed by atoms with E-state index >= 15 is 0 Å². The first kappa shape index (κ1) is 13.0. The lowest BCUT2D eigenvalue weighted by molar-refractivity contribution is 0.0608. The third-order valence-electron chi connectivity index (χ3n) is 2.75. The van der Waals surface area contributed by atoms with Crippen LogP contribution in [0.3, 0.4) is 0 Å². The minimum atomic E-state index is -0.446. The van der Waals surface area contributed by atoms with Crippen molar-refractivity contribution < 1.29 is 13.9 Å². The summed E-state index contributed by atoms with van der Waals surface area (Å²) in [4.78, 5) is 17.2. The van der Waals surface area contributed by atoms with E-state index in [9.17, 15) is 9.18 Å². The zero-order valence-corrected chi connectivity index (χ0v) is 12.0. The molecule has 0 saturated heterocycles. The molecule has 0 fully saturated rings. The van der Waals surface area contributed by atoms with Crippen molar-refractivity contribution in [1.29, 1.82) is 0 Å². The summed E-state index contributed by atoms with van der Waals surface area (Å²) >= 11 is 2.58. The van der Waals surface area contributed by atoms with Gasteiger partial charge in [-0.2, -0.15) is 0 Å². The number of hydrogen-bond acceptors (Lipinski definition) is 6. The summed E-state index contributed by atoms with van der Waals surface area (Å²) in [7, 11) is 1.32. The van der Waals surface area contributed by atoms with Crippen LogP contribution in [0.5, 0.6) is 0 Å². The van der Waals surface area contributed by atoms with Gasteiger partial charge in [-0.25, -0.2) is 14.2 Å². The number of nitrogens with two attached hydrogens (primary N) is 1. The number of hydrogen-bond donors (Lipinski definition) is 1. The largest absolute Gasteiger partial charge is 0.465 e. The third-order valence-corrected chi connectivity index (χ3v) is 4.99. The maximum absolute atomic E-state index is 13.0. The molecule has 0 atom stereocenters. The Kier molecular flexibility index (Phi) is 3.15. The normalized spacial score (nSPS) is 10.9. The molecule has 102 valence electrons. The molecule has 2 N–H and O–H groups in total. The van der Waals surface area contributed by atoms with Crippen LogP contribution in [0.15, 0.2) is 24.3 Å². The smallest absolute Gasteiger partial charge is 0.350 e. The number of benzene rings is 1. The van der Waals surface area contributed by atoms with Crippen molar-refractivity contribution in [1.82, 2.24) is 4.98 Å². The molecule has 7 heteroatoms. The topological polar surface area (TPSA) is 65.2 Å². The molecule has 2 heterocycles. The summed E-state index contributed by atoms with van der Waals surface area (Å²) < 4.78 is 18.6. The van der Waals surface area contributed by atoms with Crippen molar-refractivity contribution in [3.63, 3.8) is 0 Å². The Balaban J connectivity index is 2.25. The minimum Gasteiger partial charge on any atom is -0.465 e. The molecule has 3 aromatic rings. The highest BCUT2D eigenvalue weighted by molar-refractivity contribution is 7.29. The van der Waals surface area contributed by atoms with Gasteiger partial charge in [-0.15, -0.1) is 11.3 Å². The first-order valence-corrected chi connectivity index (χ1v) is 7.26. The summed E-state index contributed by atoms with van der Waals surface area (Å²) in [6, 6.07) is 6.08. The number of fused-ring (bicyclic) bond motifs is 1. The molecule has 20 heavy (non-hydrogen) atoms. The number of carbonyl (C=O) groups is 1. The number of rotatable bonds is 2. The van der Waals surface area contributed by atoms with E-state index in [-0.39, 0.29) is 5.82 Å². The van der Waals surface area contributed by atoms with E-state index in [0.29, 0.717) is 15.5 Å². The molecular formula is C13H9FN2O2S2. The van der Waals surface area contributed by atoms with Crippen LogP contribution in [0.25, 0.3) is 20.7 Å². The summed E-state index contributed by atoms with van der Waals surface area (Å²) in [5.74, 6) is -0.753.